The van der Waals surface area contributed by atoms with Crippen molar-refractivity contribution in [2.45, 2.75) is 0 Å². The van der Waals surface area contributed by atoms with Gasteiger partial charge in [-0.05, 0) is 67.4 Å². The van der Waals surface area contributed by atoms with E-state index in [9.17, 15) is 0 Å². The van der Waals surface area contributed by atoms with Crippen LogP contribution in [0.25, 0.3) is 87.6 Å². The predicted molar refractivity (Wildman–Crippen MR) is 251 cm³/mol. The molecule has 0 amide bonds. The van der Waals surface area contributed by atoms with Crippen LogP contribution in [-0.4, -0.2) is 28.4 Å². The number of hydrogen-bond donors (Lipinski definition) is 0. The predicted octanol–water partition coefficient (Wildman–Crippen LogP) is 14.7. The number of methoxy groups -OCH3 is 4. The van der Waals surface area contributed by atoms with Gasteiger partial charge < -0.3 is 18.9 Å². The zero-order valence-electron chi connectivity index (χ0n) is 34.1. The quantitative estimate of drug-likeness (QED) is 0.144. The van der Waals surface area contributed by atoms with Crippen LogP contribution < -0.4 is 18.9 Å². The van der Waals surface area contributed by atoms with Crippen LogP contribution in [0.1, 0.15) is 0 Å². The van der Waals surface area contributed by atoms with E-state index in [1.54, 1.807) is 28.4 Å². The molecule has 0 saturated heterocycles. The number of fused-ring (bicyclic) bond motifs is 4. The van der Waals surface area contributed by atoms with Gasteiger partial charge in [-0.3, -0.25) is 0 Å². The molecular formula is C56H44O4. The van der Waals surface area contributed by atoms with Gasteiger partial charge in [-0.15, -0.1) is 0 Å². The van der Waals surface area contributed by atoms with Crippen LogP contribution in [0.5, 0.6) is 23.0 Å². The number of benzene rings is 10. The Labute approximate surface area is 350 Å². The van der Waals surface area contributed by atoms with Crippen molar-refractivity contribution >= 4 is 43.1 Å². The molecule has 0 fully saturated rings. The molecule has 10 rings (SSSR count). The van der Waals surface area contributed by atoms with Gasteiger partial charge in [0.25, 0.3) is 0 Å². The summed E-state index contributed by atoms with van der Waals surface area (Å²) in [4.78, 5) is 0. The maximum absolute atomic E-state index is 5.73. The van der Waals surface area contributed by atoms with Crippen LogP contribution >= 0.6 is 0 Å². The summed E-state index contributed by atoms with van der Waals surface area (Å²) in [6.45, 7) is 0. The minimum Gasteiger partial charge on any atom is -0.496 e. The Morgan fingerprint density at radius 2 is 0.350 bits per heavy atom. The summed E-state index contributed by atoms with van der Waals surface area (Å²) in [5.74, 6) is 3.49. The van der Waals surface area contributed by atoms with Gasteiger partial charge in [0, 0.05) is 44.5 Å². The number of hydrogen-bond acceptors (Lipinski definition) is 4. The van der Waals surface area contributed by atoms with Gasteiger partial charge in [-0.2, -0.15) is 0 Å². The molecule has 4 heteroatoms. The molecule has 0 N–H and O–H groups in total. The third-order valence-corrected chi connectivity index (χ3v) is 11.4. The Morgan fingerprint density at radius 3 is 0.517 bits per heavy atom. The second-order valence-corrected chi connectivity index (χ2v) is 14.5. The first-order chi connectivity index (χ1) is 29.7. The molecule has 0 heterocycles. The first kappa shape index (κ1) is 38.0. The highest BCUT2D eigenvalue weighted by Crippen LogP contribution is 2.49. The topological polar surface area (TPSA) is 36.9 Å². The van der Waals surface area contributed by atoms with Crippen molar-refractivity contribution in [3.63, 3.8) is 0 Å². The highest BCUT2D eigenvalue weighted by molar-refractivity contribution is 6.23. The maximum atomic E-state index is 5.73. The van der Waals surface area contributed by atoms with Gasteiger partial charge in [-0.1, -0.05) is 170 Å². The highest BCUT2D eigenvalue weighted by atomic mass is 16.5. The fourth-order valence-electron chi connectivity index (χ4n) is 8.82. The molecule has 0 aromatic heterocycles. The second kappa shape index (κ2) is 16.7. The Bertz CT molecular complexity index is 2630. The lowest BCUT2D eigenvalue weighted by atomic mass is 9.85. The van der Waals surface area contributed by atoms with Gasteiger partial charge in [0.15, 0.2) is 0 Å². The van der Waals surface area contributed by atoms with Crippen molar-refractivity contribution in [1.82, 2.24) is 0 Å². The molecule has 0 spiro atoms. The molecule has 292 valence electrons. The normalized spacial score (nSPS) is 11.0. The fourth-order valence-corrected chi connectivity index (χ4v) is 8.82. The van der Waals surface area contributed by atoms with Gasteiger partial charge in [-0.25, -0.2) is 0 Å². The summed E-state index contributed by atoms with van der Waals surface area (Å²) in [5.41, 5.74) is 9.15. The van der Waals surface area contributed by atoms with E-state index in [1.165, 1.54) is 65.3 Å². The van der Waals surface area contributed by atoms with E-state index in [0.717, 1.165) is 45.3 Å². The van der Waals surface area contributed by atoms with Crippen LogP contribution in [-0.2, 0) is 0 Å². The van der Waals surface area contributed by atoms with Crippen molar-refractivity contribution in [1.29, 1.82) is 0 Å². The zero-order chi connectivity index (χ0) is 41.0. The monoisotopic (exact) mass is 780 g/mol. The molecule has 0 aliphatic carbocycles. The molecule has 10 aromatic rings. The Balaban J connectivity index is 0.000000154. The third-order valence-electron chi connectivity index (χ3n) is 11.4. The average Bonchev–Trinajstić information content (AvgIpc) is 3.32. The molecule has 0 bridgehead atoms. The van der Waals surface area contributed by atoms with E-state index in [1.807, 2.05) is 48.5 Å². The van der Waals surface area contributed by atoms with Crippen LogP contribution in [0.4, 0.5) is 0 Å². The Kier molecular flexibility index (Phi) is 10.6. The van der Waals surface area contributed by atoms with Crippen LogP contribution in [0.2, 0.25) is 0 Å². The van der Waals surface area contributed by atoms with Crippen molar-refractivity contribution in [3.05, 3.63) is 194 Å². The smallest absolute Gasteiger partial charge is 0.126 e. The van der Waals surface area contributed by atoms with Crippen LogP contribution in [0.15, 0.2) is 194 Å². The maximum Gasteiger partial charge on any atom is 0.126 e. The summed E-state index contributed by atoms with van der Waals surface area (Å²) >= 11 is 0. The fraction of sp³-hybridized carbons (Fsp3) is 0.0714. The SMILES string of the molecule is COc1ccccc1-c1c2ccccc2c(-c2ccccc2OC)c2ccccc12.COc1ccccc1-c1c2ccccc2c(-c2ccccc2OC)c2ccccc12. The van der Waals surface area contributed by atoms with E-state index in [-0.39, 0.29) is 0 Å². The van der Waals surface area contributed by atoms with Gasteiger partial charge in [0.2, 0.25) is 0 Å². The molecular weight excluding hydrogens is 737 g/mol. The van der Waals surface area contributed by atoms with Gasteiger partial charge in [0.05, 0.1) is 28.4 Å². The van der Waals surface area contributed by atoms with Crippen molar-refractivity contribution in [3.8, 4) is 67.5 Å². The highest BCUT2D eigenvalue weighted by Gasteiger charge is 2.21. The molecule has 0 aliphatic heterocycles. The average molecular weight is 781 g/mol. The third kappa shape index (κ3) is 6.62. The van der Waals surface area contributed by atoms with Gasteiger partial charge in [0.1, 0.15) is 23.0 Å². The summed E-state index contributed by atoms with van der Waals surface area (Å²) in [7, 11) is 6.91. The number of ether oxygens (including phenoxy) is 4. The lowest BCUT2D eigenvalue weighted by Crippen LogP contribution is -1.94. The van der Waals surface area contributed by atoms with Crippen LogP contribution in [0, 0.1) is 0 Å². The zero-order valence-corrected chi connectivity index (χ0v) is 34.1. The molecule has 0 radical (unpaired) electrons. The van der Waals surface area contributed by atoms with Crippen molar-refractivity contribution < 1.29 is 18.9 Å². The summed E-state index contributed by atoms with van der Waals surface area (Å²) < 4.78 is 22.9. The van der Waals surface area contributed by atoms with E-state index < -0.39 is 0 Å². The first-order valence-electron chi connectivity index (χ1n) is 20.1. The van der Waals surface area contributed by atoms with E-state index in [0.29, 0.717) is 0 Å². The van der Waals surface area contributed by atoms with E-state index in [4.69, 9.17) is 18.9 Å². The minimum absolute atomic E-state index is 0.873. The first-order valence-corrected chi connectivity index (χ1v) is 20.1. The van der Waals surface area contributed by atoms with Crippen LogP contribution in [0.3, 0.4) is 0 Å². The Morgan fingerprint density at radius 1 is 0.200 bits per heavy atom. The molecule has 0 saturated carbocycles. The lowest BCUT2D eigenvalue weighted by molar-refractivity contribution is 0.416. The molecule has 60 heavy (non-hydrogen) atoms. The minimum atomic E-state index is 0.873. The largest absolute Gasteiger partial charge is 0.496 e. The lowest BCUT2D eigenvalue weighted by Gasteiger charge is -2.20. The molecule has 4 nitrogen and oxygen atoms in total. The number of rotatable bonds is 8. The number of para-hydroxylation sites is 4. The Hall–Kier alpha value is -7.56. The van der Waals surface area contributed by atoms with E-state index in [2.05, 4.69) is 146 Å². The molecule has 0 aliphatic rings. The van der Waals surface area contributed by atoms with E-state index >= 15 is 0 Å². The molecule has 0 unspecified atom stereocenters. The molecule has 10 aromatic carbocycles. The van der Waals surface area contributed by atoms with Crippen molar-refractivity contribution in [2.24, 2.45) is 0 Å². The summed E-state index contributed by atoms with van der Waals surface area (Å²) in [5, 5.41) is 9.57. The standard InChI is InChI=1S/2C28H22O2/c2*1-29-25-17-9-7-15-23(25)27-19-11-3-5-13-21(19)28(22-14-6-4-12-20(22)27)24-16-8-10-18-26(24)30-2/h2*3-18H,1-2H3. The summed E-state index contributed by atoms with van der Waals surface area (Å²) in [6.07, 6.45) is 0. The summed E-state index contributed by atoms with van der Waals surface area (Å²) in [6, 6.07) is 67.3. The van der Waals surface area contributed by atoms with Gasteiger partial charge >= 0.3 is 0 Å². The van der Waals surface area contributed by atoms with Crippen molar-refractivity contribution in [2.75, 3.05) is 28.4 Å². The molecule has 0 atom stereocenters. The second-order valence-electron chi connectivity index (χ2n) is 14.5.